The fourth-order valence-electron chi connectivity index (χ4n) is 3.15. The predicted octanol–water partition coefficient (Wildman–Crippen LogP) is 4.62. The first-order valence-corrected chi connectivity index (χ1v) is 9.74. The van der Waals surface area contributed by atoms with E-state index in [1.807, 2.05) is 48.5 Å². The van der Waals surface area contributed by atoms with Crippen LogP contribution in [0.3, 0.4) is 0 Å². The molecule has 1 aromatic heterocycles. The molecule has 0 saturated carbocycles. The summed E-state index contributed by atoms with van der Waals surface area (Å²) in [7, 11) is 0. The van der Waals surface area contributed by atoms with Crippen molar-refractivity contribution in [2.45, 2.75) is 19.6 Å². The first kappa shape index (κ1) is 19.2. The number of halogens is 1. The Labute approximate surface area is 174 Å². The topological polar surface area (TPSA) is 63.9 Å². The summed E-state index contributed by atoms with van der Waals surface area (Å²) in [5.41, 5.74) is 1.88. The van der Waals surface area contributed by atoms with E-state index in [1.54, 1.807) is 17.2 Å². The normalized spacial score (nSPS) is 12.4. The van der Waals surface area contributed by atoms with Gasteiger partial charge in [0.1, 0.15) is 19.0 Å². The maximum atomic E-state index is 12.9. The van der Waals surface area contributed by atoms with E-state index in [2.05, 4.69) is 5.32 Å². The lowest BCUT2D eigenvalue weighted by Crippen LogP contribution is -2.38. The molecule has 0 unspecified atom stereocenters. The highest BCUT2D eigenvalue weighted by molar-refractivity contribution is 6.32. The summed E-state index contributed by atoms with van der Waals surface area (Å²) in [4.78, 5) is 14.6. The van der Waals surface area contributed by atoms with Gasteiger partial charge in [0.15, 0.2) is 11.5 Å². The van der Waals surface area contributed by atoms with Crippen LogP contribution in [0, 0.1) is 0 Å². The van der Waals surface area contributed by atoms with Gasteiger partial charge in [-0.15, -0.1) is 0 Å². The third kappa shape index (κ3) is 4.84. The van der Waals surface area contributed by atoms with Crippen LogP contribution in [0.1, 0.15) is 16.9 Å². The lowest BCUT2D eigenvalue weighted by atomic mass is 10.2. The van der Waals surface area contributed by atoms with Crippen LogP contribution in [-0.4, -0.2) is 24.1 Å². The number of nitrogens with one attached hydrogen (secondary N) is 1. The zero-order valence-electron chi connectivity index (χ0n) is 15.8. The van der Waals surface area contributed by atoms with E-state index < -0.39 is 0 Å². The van der Waals surface area contributed by atoms with Gasteiger partial charge in [-0.05, 0) is 35.4 Å². The molecule has 6 nitrogen and oxygen atoms in total. The smallest absolute Gasteiger partial charge is 0.318 e. The molecule has 1 aliphatic heterocycles. The first-order valence-electron chi connectivity index (χ1n) is 9.36. The molecular weight excluding hydrogens is 392 g/mol. The number of rotatable bonds is 6. The lowest BCUT2D eigenvalue weighted by Gasteiger charge is -2.23. The van der Waals surface area contributed by atoms with Crippen molar-refractivity contribution in [2.75, 3.05) is 13.2 Å². The number of amides is 2. The van der Waals surface area contributed by atoms with Crippen LogP contribution in [0.5, 0.6) is 11.5 Å². The molecule has 0 radical (unpaired) electrons. The van der Waals surface area contributed by atoms with Crippen molar-refractivity contribution < 1.29 is 18.7 Å². The average molecular weight is 413 g/mol. The van der Waals surface area contributed by atoms with Crippen molar-refractivity contribution in [1.29, 1.82) is 0 Å². The zero-order valence-corrected chi connectivity index (χ0v) is 16.5. The summed E-state index contributed by atoms with van der Waals surface area (Å²) < 4.78 is 16.6. The zero-order chi connectivity index (χ0) is 20.1. The number of benzene rings is 2. The van der Waals surface area contributed by atoms with Gasteiger partial charge >= 0.3 is 6.03 Å². The lowest BCUT2D eigenvalue weighted by molar-refractivity contribution is 0.171. The molecule has 4 rings (SSSR count). The van der Waals surface area contributed by atoms with Crippen LogP contribution in [0.2, 0.25) is 5.02 Å². The van der Waals surface area contributed by atoms with Gasteiger partial charge in [0.25, 0.3) is 0 Å². The molecule has 1 N–H and O–H groups in total. The molecule has 2 aromatic carbocycles. The minimum absolute atomic E-state index is 0.198. The minimum Gasteiger partial charge on any atom is -0.486 e. The number of hydrogen-bond donors (Lipinski definition) is 1. The monoisotopic (exact) mass is 412 g/mol. The molecule has 3 aromatic rings. The van der Waals surface area contributed by atoms with Gasteiger partial charge in [-0.3, -0.25) is 0 Å². The average Bonchev–Trinajstić information content (AvgIpc) is 3.25. The second-order valence-corrected chi connectivity index (χ2v) is 7.09. The largest absolute Gasteiger partial charge is 0.486 e. The number of hydrogen-bond acceptors (Lipinski definition) is 4. The van der Waals surface area contributed by atoms with Crippen molar-refractivity contribution in [3.05, 3.63) is 82.8 Å². The molecule has 2 amide bonds. The van der Waals surface area contributed by atoms with Crippen LogP contribution in [0.25, 0.3) is 0 Å². The third-order valence-corrected chi connectivity index (χ3v) is 4.81. The molecule has 0 fully saturated rings. The van der Waals surface area contributed by atoms with Gasteiger partial charge < -0.3 is 24.1 Å². The van der Waals surface area contributed by atoms with Gasteiger partial charge in [0.05, 0.1) is 17.8 Å². The highest BCUT2D eigenvalue weighted by Gasteiger charge is 2.19. The quantitative estimate of drug-likeness (QED) is 0.641. The van der Waals surface area contributed by atoms with Crippen LogP contribution >= 0.6 is 11.6 Å². The van der Waals surface area contributed by atoms with Gasteiger partial charge in [0.2, 0.25) is 0 Å². The van der Waals surface area contributed by atoms with E-state index in [-0.39, 0.29) is 6.03 Å². The van der Waals surface area contributed by atoms with E-state index in [0.29, 0.717) is 49.4 Å². The minimum atomic E-state index is -0.198. The molecule has 0 saturated heterocycles. The molecule has 7 heteroatoms. The molecule has 0 bridgehead atoms. The molecule has 0 atom stereocenters. The summed E-state index contributed by atoms with van der Waals surface area (Å²) in [6.07, 6.45) is 1.60. The molecule has 0 spiro atoms. The van der Waals surface area contributed by atoms with E-state index >= 15 is 0 Å². The summed E-state index contributed by atoms with van der Waals surface area (Å²) >= 11 is 6.29. The number of carbonyl (C=O) groups is 1. The Morgan fingerprint density at radius 2 is 1.83 bits per heavy atom. The summed E-state index contributed by atoms with van der Waals surface area (Å²) in [6, 6.07) is 16.9. The number of urea groups is 1. The van der Waals surface area contributed by atoms with E-state index in [1.165, 1.54) is 0 Å². The summed E-state index contributed by atoms with van der Waals surface area (Å²) in [6.45, 7) is 2.11. The molecule has 1 aliphatic rings. The Balaban J connectivity index is 1.45. The van der Waals surface area contributed by atoms with Crippen molar-refractivity contribution >= 4 is 17.6 Å². The Morgan fingerprint density at radius 1 is 1.00 bits per heavy atom. The second kappa shape index (κ2) is 8.92. The molecule has 0 aliphatic carbocycles. The molecule has 29 heavy (non-hydrogen) atoms. The maximum absolute atomic E-state index is 12.9. The fourth-order valence-corrected chi connectivity index (χ4v) is 3.44. The van der Waals surface area contributed by atoms with Crippen LogP contribution < -0.4 is 14.8 Å². The van der Waals surface area contributed by atoms with Crippen molar-refractivity contribution in [3.63, 3.8) is 0 Å². The number of furan rings is 1. The Bertz CT molecular complexity index is 960. The van der Waals surface area contributed by atoms with E-state index in [0.717, 1.165) is 16.9 Å². The van der Waals surface area contributed by atoms with E-state index in [4.69, 9.17) is 25.5 Å². The Hall–Kier alpha value is -3.12. The molecule has 150 valence electrons. The number of fused-ring (bicyclic) bond motifs is 1. The van der Waals surface area contributed by atoms with Crippen LogP contribution in [0.4, 0.5) is 4.79 Å². The standard InChI is InChI=1S/C22H21ClN2O4/c23-19-11-17(12-20-21(19)29-10-9-28-20)13-24-22(26)25(15-18-7-4-8-27-18)14-16-5-2-1-3-6-16/h1-8,11-12H,9-10,13-15H2,(H,24,26). The number of nitrogens with zero attached hydrogens (tertiary/aromatic N) is 1. The number of carbonyl (C=O) groups excluding carboxylic acids is 1. The first-order chi connectivity index (χ1) is 14.2. The Kier molecular flexibility index (Phi) is 5.91. The summed E-state index contributed by atoms with van der Waals surface area (Å²) in [5, 5.41) is 3.43. The second-order valence-electron chi connectivity index (χ2n) is 6.68. The van der Waals surface area contributed by atoms with Crippen molar-refractivity contribution in [3.8, 4) is 11.5 Å². The van der Waals surface area contributed by atoms with Gasteiger partial charge in [-0.2, -0.15) is 0 Å². The maximum Gasteiger partial charge on any atom is 0.318 e. The van der Waals surface area contributed by atoms with Crippen molar-refractivity contribution in [2.24, 2.45) is 0 Å². The molecular formula is C22H21ClN2O4. The summed E-state index contributed by atoms with van der Waals surface area (Å²) in [5.74, 6) is 1.87. The highest BCUT2D eigenvalue weighted by atomic mass is 35.5. The SMILES string of the molecule is O=C(NCc1cc(Cl)c2c(c1)OCCO2)N(Cc1ccccc1)Cc1ccco1. The van der Waals surface area contributed by atoms with Gasteiger partial charge in [-0.1, -0.05) is 41.9 Å². The van der Waals surface area contributed by atoms with Crippen LogP contribution in [0.15, 0.2) is 65.3 Å². The van der Waals surface area contributed by atoms with Crippen LogP contribution in [-0.2, 0) is 19.6 Å². The predicted molar refractivity (Wildman–Crippen MR) is 109 cm³/mol. The van der Waals surface area contributed by atoms with Gasteiger partial charge in [0, 0.05) is 13.1 Å². The molecule has 2 heterocycles. The van der Waals surface area contributed by atoms with E-state index in [9.17, 15) is 4.79 Å². The highest BCUT2D eigenvalue weighted by Crippen LogP contribution is 2.38. The fraction of sp³-hybridized carbons (Fsp3) is 0.227. The third-order valence-electron chi connectivity index (χ3n) is 4.53. The Morgan fingerprint density at radius 3 is 2.62 bits per heavy atom. The van der Waals surface area contributed by atoms with Gasteiger partial charge in [-0.25, -0.2) is 4.79 Å². The number of ether oxygens (including phenoxy) is 2. The van der Waals surface area contributed by atoms with Crippen molar-refractivity contribution in [1.82, 2.24) is 10.2 Å².